The van der Waals surface area contributed by atoms with Crippen molar-refractivity contribution in [1.29, 1.82) is 0 Å². The number of fused-ring (bicyclic) bond motifs is 1. The Hall–Kier alpha value is -3.47. The maximum absolute atomic E-state index is 12.6. The lowest BCUT2D eigenvalue weighted by molar-refractivity contribution is 0.102. The molecule has 5 nitrogen and oxygen atoms in total. The minimum atomic E-state index is -0.194. The molecule has 0 aliphatic heterocycles. The van der Waals surface area contributed by atoms with Crippen LogP contribution in [0.1, 0.15) is 10.4 Å². The third-order valence-electron chi connectivity index (χ3n) is 3.75. The van der Waals surface area contributed by atoms with Gasteiger partial charge in [0.05, 0.1) is 0 Å². The van der Waals surface area contributed by atoms with Gasteiger partial charge in [-0.25, -0.2) is 4.98 Å². The average molecular weight is 314 g/mol. The monoisotopic (exact) mass is 314 g/mol. The predicted molar refractivity (Wildman–Crippen MR) is 92.8 cm³/mol. The lowest BCUT2D eigenvalue weighted by atomic mass is 10.1. The average Bonchev–Trinajstić information content (AvgIpc) is 3.02. The number of hydrogen-bond acceptors (Lipinski definition) is 3. The Morgan fingerprint density at radius 3 is 2.46 bits per heavy atom. The maximum Gasteiger partial charge on any atom is 0.256 e. The van der Waals surface area contributed by atoms with E-state index in [0.717, 1.165) is 16.9 Å². The summed E-state index contributed by atoms with van der Waals surface area (Å²) in [6, 6.07) is 18.9. The van der Waals surface area contributed by atoms with Gasteiger partial charge >= 0.3 is 0 Å². The molecule has 0 saturated carbocycles. The first-order valence-electron chi connectivity index (χ1n) is 7.57. The summed E-state index contributed by atoms with van der Waals surface area (Å²) in [6.45, 7) is 0. The van der Waals surface area contributed by atoms with E-state index in [2.05, 4.69) is 15.3 Å². The third-order valence-corrected chi connectivity index (χ3v) is 3.75. The van der Waals surface area contributed by atoms with Crippen LogP contribution < -0.4 is 5.32 Å². The molecule has 0 unspecified atom stereocenters. The molecule has 0 aliphatic carbocycles. The Kier molecular flexibility index (Phi) is 3.51. The Labute approximate surface area is 138 Å². The number of nitrogens with zero attached hydrogens (tertiary/aromatic N) is 3. The number of hydrogen-bond donors (Lipinski definition) is 1. The summed E-state index contributed by atoms with van der Waals surface area (Å²) in [7, 11) is 0. The molecule has 3 heterocycles. The van der Waals surface area contributed by atoms with E-state index < -0.39 is 0 Å². The highest BCUT2D eigenvalue weighted by atomic mass is 16.1. The van der Waals surface area contributed by atoms with Gasteiger partial charge in [-0.3, -0.25) is 14.2 Å². The van der Waals surface area contributed by atoms with Crippen LogP contribution in [-0.4, -0.2) is 20.3 Å². The molecule has 116 valence electrons. The lowest BCUT2D eigenvalue weighted by Crippen LogP contribution is -2.14. The van der Waals surface area contributed by atoms with Crippen LogP contribution in [0.2, 0.25) is 0 Å². The molecule has 3 aromatic heterocycles. The fraction of sp³-hybridized carbons (Fsp3) is 0. The molecule has 0 atom stereocenters. The van der Waals surface area contributed by atoms with E-state index in [1.807, 2.05) is 59.1 Å². The zero-order valence-electron chi connectivity index (χ0n) is 12.8. The van der Waals surface area contributed by atoms with E-state index in [9.17, 15) is 4.79 Å². The second-order valence-electron chi connectivity index (χ2n) is 5.29. The van der Waals surface area contributed by atoms with E-state index in [1.165, 1.54) is 0 Å². The van der Waals surface area contributed by atoms with Crippen molar-refractivity contribution in [2.75, 3.05) is 5.32 Å². The zero-order valence-corrected chi connectivity index (χ0v) is 12.8. The van der Waals surface area contributed by atoms with Crippen LogP contribution in [0.3, 0.4) is 0 Å². The molecule has 1 aromatic carbocycles. The van der Waals surface area contributed by atoms with E-state index in [-0.39, 0.29) is 5.91 Å². The maximum atomic E-state index is 12.6. The van der Waals surface area contributed by atoms with Crippen LogP contribution in [0.15, 0.2) is 79.3 Å². The first-order chi connectivity index (χ1) is 11.8. The number of imidazole rings is 1. The third kappa shape index (κ3) is 2.52. The van der Waals surface area contributed by atoms with Gasteiger partial charge in [-0.2, -0.15) is 0 Å². The second kappa shape index (κ2) is 5.96. The number of rotatable bonds is 3. The Balaban J connectivity index is 1.83. The van der Waals surface area contributed by atoms with Gasteiger partial charge in [0, 0.05) is 29.7 Å². The largest absolute Gasteiger partial charge is 0.306 e. The highest BCUT2D eigenvalue weighted by molar-refractivity contribution is 6.05. The lowest BCUT2D eigenvalue weighted by Gasteiger charge is -2.07. The molecule has 24 heavy (non-hydrogen) atoms. The molecule has 1 N–H and O–H groups in total. The van der Waals surface area contributed by atoms with E-state index in [0.29, 0.717) is 11.4 Å². The Morgan fingerprint density at radius 1 is 0.917 bits per heavy atom. The summed E-state index contributed by atoms with van der Waals surface area (Å²) >= 11 is 0. The molecule has 4 aromatic rings. The fourth-order valence-electron chi connectivity index (χ4n) is 2.60. The molecule has 0 saturated heterocycles. The second-order valence-corrected chi connectivity index (χ2v) is 5.29. The normalized spacial score (nSPS) is 10.7. The minimum absolute atomic E-state index is 0.194. The number of carbonyl (C=O) groups excluding carboxylic acids is 1. The first-order valence-corrected chi connectivity index (χ1v) is 7.57. The standard InChI is InChI=1S/C19H14N4O/c24-19(15-9-11-20-12-10-15)22-18-17(14-6-2-1-3-7-14)21-16-8-4-5-13-23(16)18/h1-13H,(H,22,24). The molecular weight excluding hydrogens is 300 g/mol. The fourth-order valence-corrected chi connectivity index (χ4v) is 2.60. The van der Waals surface area contributed by atoms with E-state index in [1.54, 1.807) is 24.5 Å². The first kappa shape index (κ1) is 14.1. The number of pyridine rings is 2. The van der Waals surface area contributed by atoms with Crippen molar-refractivity contribution in [1.82, 2.24) is 14.4 Å². The smallest absolute Gasteiger partial charge is 0.256 e. The molecule has 5 heteroatoms. The summed E-state index contributed by atoms with van der Waals surface area (Å²) in [5, 5.41) is 2.98. The van der Waals surface area contributed by atoms with Crippen LogP contribution >= 0.6 is 0 Å². The van der Waals surface area contributed by atoms with Crippen LogP contribution in [-0.2, 0) is 0 Å². The Bertz CT molecular complexity index is 994. The predicted octanol–water partition coefficient (Wildman–Crippen LogP) is 3.65. The number of nitrogens with one attached hydrogen (secondary N) is 1. The number of anilines is 1. The van der Waals surface area contributed by atoms with Crippen molar-refractivity contribution in [2.24, 2.45) is 0 Å². The Morgan fingerprint density at radius 2 is 1.67 bits per heavy atom. The van der Waals surface area contributed by atoms with Crippen molar-refractivity contribution >= 4 is 17.4 Å². The molecule has 4 rings (SSSR count). The minimum Gasteiger partial charge on any atom is -0.306 e. The van der Waals surface area contributed by atoms with Crippen molar-refractivity contribution < 1.29 is 4.79 Å². The summed E-state index contributed by atoms with van der Waals surface area (Å²) < 4.78 is 1.88. The molecule has 0 fully saturated rings. The van der Waals surface area contributed by atoms with Crippen molar-refractivity contribution in [3.63, 3.8) is 0 Å². The van der Waals surface area contributed by atoms with Gasteiger partial charge in [0.15, 0.2) is 0 Å². The number of benzene rings is 1. The molecule has 1 amide bonds. The van der Waals surface area contributed by atoms with Crippen LogP contribution in [0.25, 0.3) is 16.9 Å². The quantitative estimate of drug-likeness (QED) is 0.628. The molecule has 0 spiro atoms. The summed E-state index contributed by atoms with van der Waals surface area (Å²) in [5.74, 6) is 0.457. The van der Waals surface area contributed by atoms with Gasteiger partial charge in [0.2, 0.25) is 0 Å². The van der Waals surface area contributed by atoms with Crippen LogP contribution in [0, 0.1) is 0 Å². The van der Waals surface area contributed by atoms with Gasteiger partial charge in [-0.15, -0.1) is 0 Å². The molecular formula is C19H14N4O. The highest BCUT2D eigenvalue weighted by Crippen LogP contribution is 2.28. The zero-order chi connectivity index (χ0) is 16.4. The van der Waals surface area contributed by atoms with Crippen LogP contribution in [0.5, 0.6) is 0 Å². The van der Waals surface area contributed by atoms with E-state index >= 15 is 0 Å². The number of carbonyl (C=O) groups is 1. The van der Waals surface area contributed by atoms with Gasteiger partial charge in [0.1, 0.15) is 17.2 Å². The van der Waals surface area contributed by atoms with Gasteiger partial charge < -0.3 is 5.32 Å². The summed E-state index contributed by atoms with van der Waals surface area (Å²) in [6.07, 6.45) is 5.08. The van der Waals surface area contributed by atoms with Crippen molar-refractivity contribution in [3.05, 3.63) is 84.8 Å². The van der Waals surface area contributed by atoms with Gasteiger partial charge in [-0.1, -0.05) is 36.4 Å². The van der Waals surface area contributed by atoms with Crippen molar-refractivity contribution in [2.45, 2.75) is 0 Å². The van der Waals surface area contributed by atoms with Gasteiger partial charge in [0.25, 0.3) is 5.91 Å². The molecule has 0 bridgehead atoms. The summed E-state index contributed by atoms with van der Waals surface area (Å²) in [4.78, 5) is 21.2. The topological polar surface area (TPSA) is 59.3 Å². The summed E-state index contributed by atoms with van der Waals surface area (Å²) in [5.41, 5.74) is 3.02. The number of aromatic nitrogens is 3. The molecule has 0 radical (unpaired) electrons. The van der Waals surface area contributed by atoms with Gasteiger partial charge in [-0.05, 0) is 24.3 Å². The van der Waals surface area contributed by atoms with E-state index in [4.69, 9.17) is 0 Å². The van der Waals surface area contributed by atoms with Crippen LogP contribution in [0.4, 0.5) is 5.82 Å². The number of amides is 1. The van der Waals surface area contributed by atoms with Crippen molar-refractivity contribution in [3.8, 4) is 11.3 Å². The molecule has 0 aliphatic rings. The highest BCUT2D eigenvalue weighted by Gasteiger charge is 2.16. The SMILES string of the molecule is O=C(Nc1c(-c2ccccc2)nc2ccccn12)c1ccncc1.